The van der Waals surface area contributed by atoms with Crippen molar-refractivity contribution in [2.24, 2.45) is 5.73 Å². The molecule has 0 aromatic heterocycles. The van der Waals surface area contributed by atoms with E-state index in [1.54, 1.807) is 0 Å². The topological polar surface area (TPSA) is 26.0 Å². The second-order valence-corrected chi connectivity index (χ2v) is 3.99. The van der Waals surface area contributed by atoms with E-state index >= 15 is 0 Å². The first-order chi connectivity index (χ1) is 6.06. The van der Waals surface area contributed by atoms with E-state index in [-0.39, 0.29) is 0 Å². The molecule has 0 radical (unpaired) electrons. The van der Waals surface area contributed by atoms with E-state index in [2.05, 4.69) is 39.8 Å². The molecule has 1 nitrogen and oxygen atoms in total. The lowest BCUT2D eigenvalue weighted by Crippen LogP contribution is -2.03. The van der Waals surface area contributed by atoms with Crippen LogP contribution in [0.2, 0.25) is 0 Å². The van der Waals surface area contributed by atoms with Gasteiger partial charge in [-0.25, -0.2) is 0 Å². The molecule has 1 rings (SSSR count). The van der Waals surface area contributed by atoms with E-state index in [0.717, 1.165) is 0 Å². The molecule has 0 saturated carbocycles. The molecule has 0 bridgehead atoms. The maximum Gasteiger partial charge on any atom is 0.0183 e. The predicted molar refractivity (Wildman–Crippen MR) is 57.9 cm³/mol. The van der Waals surface area contributed by atoms with Crippen molar-refractivity contribution in [3.05, 3.63) is 34.4 Å². The fourth-order valence-corrected chi connectivity index (χ4v) is 1.68. The van der Waals surface area contributed by atoms with Crippen molar-refractivity contribution in [1.82, 2.24) is 0 Å². The third-order valence-electron chi connectivity index (χ3n) is 2.59. The monoisotopic (exact) mass is 177 g/mol. The third kappa shape index (κ3) is 2.10. The Kier molecular flexibility index (Phi) is 3.10. The van der Waals surface area contributed by atoms with Crippen molar-refractivity contribution in [2.75, 3.05) is 0 Å². The Morgan fingerprint density at radius 2 is 1.62 bits per heavy atom. The summed E-state index contributed by atoms with van der Waals surface area (Å²) < 4.78 is 0. The molecule has 0 spiro atoms. The minimum Gasteiger partial charge on any atom is -0.326 e. The molecule has 2 N–H and O–H groups in total. The van der Waals surface area contributed by atoms with Crippen LogP contribution in [0.25, 0.3) is 0 Å². The summed E-state index contributed by atoms with van der Waals surface area (Å²) in [6.07, 6.45) is 0. The van der Waals surface area contributed by atoms with Crippen molar-refractivity contribution in [3.63, 3.8) is 0 Å². The maximum absolute atomic E-state index is 5.68. The molecule has 0 aliphatic carbocycles. The van der Waals surface area contributed by atoms with Crippen LogP contribution in [0.1, 0.15) is 42.0 Å². The van der Waals surface area contributed by atoms with Crippen LogP contribution in [0.4, 0.5) is 0 Å². The molecule has 0 aliphatic heterocycles. The summed E-state index contributed by atoms with van der Waals surface area (Å²) in [4.78, 5) is 0. The Balaban J connectivity index is 3.20. The Morgan fingerprint density at radius 3 is 1.92 bits per heavy atom. The average molecular weight is 177 g/mol. The Bertz CT molecular complexity index is 277. The van der Waals surface area contributed by atoms with Gasteiger partial charge in [-0.3, -0.25) is 0 Å². The lowest BCUT2D eigenvalue weighted by atomic mass is 9.94. The van der Waals surface area contributed by atoms with Crippen LogP contribution in [0.3, 0.4) is 0 Å². The van der Waals surface area contributed by atoms with Crippen molar-refractivity contribution in [1.29, 1.82) is 0 Å². The fraction of sp³-hybridized carbons (Fsp3) is 0.500. The van der Waals surface area contributed by atoms with Crippen molar-refractivity contribution in [2.45, 2.75) is 40.2 Å². The van der Waals surface area contributed by atoms with Crippen LogP contribution in [0, 0.1) is 13.8 Å². The minimum atomic E-state index is 0.601. The van der Waals surface area contributed by atoms with Gasteiger partial charge in [-0.1, -0.05) is 26.0 Å². The lowest BCUT2D eigenvalue weighted by molar-refractivity contribution is 0.858. The SMILES string of the molecule is Cc1cc(C(C)C)cc(C)c1CN. The molecule has 0 fully saturated rings. The molecule has 72 valence electrons. The predicted octanol–water partition coefficient (Wildman–Crippen LogP) is 2.89. The molecule has 1 aromatic rings. The standard InChI is InChI=1S/C12H19N/c1-8(2)11-5-9(3)12(7-13)10(4)6-11/h5-6,8H,7,13H2,1-4H3. The molecule has 1 aromatic carbocycles. The summed E-state index contributed by atoms with van der Waals surface area (Å²) in [7, 11) is 0. The van der Waals surface area contributed by atoms with Gasteiger partial charge in [-0.2, -0.15) is 0 Å². The highest BCUT2D eigenvalue weighted by Crippen LogP contribution is 2.21. The van der Waals surface area contributed by atoms with Gasteiger partial charge in [0.05, 0.1) is 0 Å². The molecule has 0 saturated heterocycles. The number of rotatable bonds is 2. The van der Waals surface area contributed by atoms with E-state index in [4.69, 9.17) is 5.73 Å². The van der Waals surface area contributed by atoms with Gasteiger partial charge in [0.15, 0.2) is 0 Å². The van der Waals surface area contributed by atoms with Gasteiger partial charge in [0, 0.05) is 6.54 Å². The van der Waals surface area contributed by atoms with Crippen LogP contribution in [0.5, 0.6) is 0 Å². The quantitative estimate of drug-likeness (QED) is 0.738. The number of nitrogens with two attached hydrogens (primary N) is 1. The number of hydrogen-bond acceptors (Lipinski definition) is 1. The highest BCUT2D eigenvalue weighted by molar-refractivity contribution is 5.38. The first kappa shape index (κ1) is 10.3. The molecule has 0 unspecified atom stereocenters. The van der Waals surface area contributed by atoms with Crippen LogP contribution < -0.4 is 5.73 Å². The highest BCUT2D eigenvalue weighted by atomic mass is 14.5. The first-order valence-corrected chi connectivity index (χ1v) is 4.86. The van der Waals surface area contributed by atoms with E-state index in [0.29, 0.717) is 12.5 Å². The zero-order valence-electron chi connectivity index (χ0n) is 9.02. The normalized spacial score (nSPS) is 10.9. The van der Waals surface area contributed by atoms with E-state index in [1.165, 1.54) is 22.3 Å². The molecule has 0 aliphatic rings. The summed E-state index contributed by atoms with van der Waals surface area (Å²) in [5, 5.41) is 0. The Labute approximate surface area is 81.0 Å². The number of aryl methyl sites for hydroxylation is 2. The fourth-order valence-electron chi connectivity index (χ4n) is 1.68. The van der Waals surface area contributed by atoms with Gasteiger partial charge in [-0.05, 0) is 42.0 Å². The second-order valence-electron chi connectivity index (χ2n) is 3.99. The van der Waals surface area contributed by atoms with Crippen LogP contribution in [0.15, 0.2) is 12.1 Å². The molecule has 1 heteroatoms. The molecule has 0 amide bonds. The van der Waals surface area contributed by atoms with E-state index in [1.807, 2.05) is 0 Å². The van der Waals surface area contributed by atoms with Crippen LogP contribution in [-0.4, -0.2) is 0 Å². The summed E-state index contributed by atoms with van der Waals surface area (Å²) in [5.74, 6) is 0.601. The summed E-state index contributed by atoms with van der Waals surface area (Å²) >= 11 is 0. The molecule has 0 heterocycles. The van der Waals surface area contributed by atoms with Crippen LogP contribution >= 0.6 is 0 Å². The zero-order chi connectivity index (χ0) is 10.0. The van der Waals surface area contributed by atoms with Crippen molar-refractivity contribution >= 4 is 0 Å². The summed E-state index contributed by atoms with van der Waals surface area (Å²) in [5.41, 5.74) is 11.0. The Morgan fingerprint density at radius 1 is 1.15 bits per heavy atom. The van der Waals surface area contributed by atoms with Gasteiger partial charge in [0.1, 0.15) is 0 Å². The number of hydrogen-bond donors (Lipinski definition) is 1. The van der Waals surface area contributed by atoms with Gasteiger partial charge in [0.2, 0.25) is 0 Å². The van der Waals surface area contributed by atoms with Crippen molar-refractivity contribution < 1.29 is 0 Å². The highest BCUT2D eigenvalue weighted by Gasteiger charge is 2.05. The van der Waals surface area contributed by atoms with Gasteiger partial charge < -0.3 is 5.73 Å². The summed E-state index contributed by atoms with van der Waals surface area (Å²) in [6, 6.07) is 4.50. The average Bonchev–Trinajstić information content (AvgIpc) is 2.03. The van der Waals surface area contributed by atoms with Gasteiger partial charge in [0.25, 0.3) is 0 Å². The maximum atomic E-state index is 5.68. The van der Waals surface area contributed by atoms with E-state index < -0.39 is 0 Å². The van der Waals surface area contributed by atoms with E-state index in [9.17, 15) is 0 Å². The van der Waals surface area contributed by atoms with Gasteiger partial charge in [-0.15, -0.1) is 0 Å². The lowest BCUT2D eigenvalue weighted by Gasteiger charge is -2.13. The second kappa shape index (κ2) is 3.93. The molecule has 13 heavy (non-hydrogen) atoms. The Hall–Kier alpha value is -0.820. The first-order valence-electron chi connectivity index (χ1n) is 4.86. The summed E-state index contributed by atoms with van der Waals surface area (Å²) in [6.45, 7) is 9.37. The minimum absolute atomic E-state index is 0.601. The number of benzene rings is 1. The zero-order valence-corrected chi connectivity index (χ0v) is 9.02. The van der Waals surface area contributed by atoms with Gasteiger partial charge >= 0.3 is 0 Å². The third-order valence-corrected chi connectivity index (χ3v) is 2.59. The van der Waals surface area contributed by atoms with Crippen LogP contribution in [-0.2, 0) is 6.54 Å². The van der Waals surface area contributed by atoms with Crippen molar-refractivity contribution in [3.8, 4) is 0 Å². The molecule has 0 atom stereocenters. The largest absolute Gasteiger partial charge is 0.326 e. The molecular weight excluding hydrogens is 158 g/mol. The molecular formula is C12H19N. The smallest absolute Gasteiger partial charge is 0.0183 e.